The van der Waals surface area contributed by atoms with Crippen LogP contribution in [0.5, 0.6) is 0 Å². The van der Waals surface area contributed by atoms with E-state index in [1.54, 1.807) is 13.8 Å². The Bertz CT molecular complexity index is 630. The summed E-state index contributed by atoms with van der Waals surface area (Å²) in [6.45, 7) is 9.26. The number of carboxylic acid groups (broad SMARTS) is 1. The van der Waals surface area contributed by atoms with E-state index in [0.717, 1.165) is 12.8 Å². The summed E-state index contributed by atoms with van der Waals surface area (Å²) in [6.07, 6.45) is 2.58. The van der Waals surface area contributed by atoms with Crippen LogP contribution in [0.15, 0.2) is 0 Å². The number of carboxylic acids is 1. The SMILES string of the molecule is [CH2+]C(C)(C)OC(=O)N1CCC[C@H]1C(=O)N1CCCC[C@H]1C(=O)N[C@@H](C)C(=O)O. The fourth-order valence-electron chi connectivity index (χ4n) is 3.57. The maximum Gasteiger partial charge on any atom is 0.414 e. The highest BCUT2D eigenvalue weighted by Gasteiger charge is 2.43. The second-order valence-corrected chi connectivity index (χ2v) is 8.09. The molecular weight excluding hydrogens is 366 g/mol. The number of ether oxygens (including phenoxy) is 1. The molecule has 2 fully saturated rings. The van der Waals surface area contributed by atoms with Gasteiger partial charge in [0, 0.05) is 26.9 Å². The highest BCUT2D eigenvalue weighted by Crippen LogP contribution is 2.26. The highest BCUT2D eigenvalue weighted by molar-refractivity contribution is 5.93. The number of hydrogen-bond donors (Lipinski definition) is 2. The Morgan fingerprint density at radius 1 is 1.07 bits per heavy atom. The fourth-order valence-corrected chi connectivity index (χ4v) is 3.57. The summed E-state index contributed by atoms with van der Waals surface area (Å²) < 4.78 is 5.30. The van der Waals surface area contributed by atoms with Gasteiger partial charge in [0.25, 0.3) is 0 Å². The van der Waals surface area contributed by atoms with E-state index in [-0.39, 0.29) is 5.91 Å². The van der Waals surface area contributed by atoms with Crippen LogP contribution in [0.25, 0.3) is 0 Å². The van der Waals surface area contributed by atoms with Gasteiger partial charge in [-0.2, -0.15) is 0 Å². The summed E-state index contributed by atoms with van der Waals surface area (Å²) in [5, 5.41) is 11.5. The first kappa shape index (κ1) is 21.8. The van der Waals surface area contributed by atoms with Crippen molar-refractivity contribution in [3.63, 3.8) is 0 Å². The molecule has 0 bridgehead atoms. The van der Waals surface area contributed by atoms with Gasteiger partial charge in [-0.05, 0) is 39.0 Å². The Balaban J connectivity index is 2.11. The standard InChI is InChI=1S/C19H29N3O6/c1-12(17(25)26)20-15(23)13-8-5-6-10-21(13)16(24)14-9-7-11-22(14)18(27)28-19(2,3)4/h12-14H,2,5-11H2,1,3-4H3,(H-,20,23,25,26)/p+1/t12-,13-,14-/m0/s1. The Kier molecular flexibility index (Phi) is 6.79. The van der Waals surface area contributed by atoms with Crippen LogP contribution in [0.2, 0.25) is 0 Å². The van der Waals surface area contributed by atoms with E-state index in [0.29, 0.717) is 32.4 Å². The summed E-state index contributed by atoms with van der Waals surface area (Å²) in [4.78, 5) is 52.1. The third-order valence-corrected chi connectivity index (χ3v) is 4.95. The minimum Gasteiger partial charge on any atom is -0.480 e. The topological polar surface area (TPSA) is 116 Å². The zero-order valence-electron chi connectivity index (χ0n) is 16.8. The van der Waals surface area contributed by atoms with Crippen molar-refractivity contribution in [2.75, 3.05) is 13.1 Å². The van der Waals surface area contributed by atoms with E-state index < -0.39 is 41.7 Å². The Morgan fingerprint density at radius 2 is 1.68 bits per heavy atom. The molecule has 0 aromatic rings. The maximum atomic E-state index is 13.2. The van der Waals surface area contributed by atoms with Crippen molar-refractivity contribution in [1.82, 2.24) is 15.1 Å². The van der Waals surface area contributed by atoms with Crippen molar-refractivity contribution in [3.05, 3.63) is 6.92 Å². The number of likely N-dealkylation sites (tertiary alicyclic amines) is 2. The number of carbonyl (C=O) groups excluding carboxylic acids is 3. The number of rotatable bonds is 5. The molecule has 0 aliphatic carbocycles. The monoisotopic (exact) mass is 396 g/mol. The molecule has 28 heavy (non-hydrogen) atoms. The molecule has 2 N–H and O–H groups in total. The molecule has 2 aliphatic rings. The molecule has 0 radical (unpaired) electrons. The summed E-state index contributed by atoms with van der Waals surface area (Å²) >= 11 is 0. The predicted molar refractivity (Wildman–Crippen MR) is 100 cm³/mol. The second-order valence-electron chi connectivity index (χ2n) is 8.09. The van der Waals surface area contributed by atoms with Gasteiger partial charge < -0.3 is 20.1 Å². The molecule has 156 valence electrons. The average molecular weight is 396 g/mol. The van der Waals surface area contributed by atoms with E-state index in [1.165, 1.54) is 16.7 Å². The van der Waals surface area contributed by atoms with Gasteiger partial charge in [-0.15, -0.1) is 0 Å². The van der Waals surface area contributed by atoms with Gasteiger partial charge in [0.15, 0.2) is 0 Å². The molecule has 2 rings (SSSR count). The first-order valence-electron chi connectivity index (χ1n) is 9.70. The molecule has 0 aromatic heterocycles. The lowest BCUT2D eigenvalue weighted by Crippen LogP contribution is -2.58. The first-order valence-corrected chi connectivity index (χ1v) is 9.70. The summed E-state index contributed by atoms with van der Waals surface area (Å²) in [7, 11) is 0. The van der Waals surface area contributed by atoms with Gasteiger partial charge in [0.1, 0.15) is 25.0 Å². The van der Waals surface area contributed by atoms with E-state index in [1.807, 2.05) is 0 Å². The number of amides is 3. The van der Waals surface area contributed by atoms with Gasteiger partial charge in [0.2, 0.25) is 17.4 Å². The van der Waals surface area contributed by atoms with Crippen molar-refractivity contribution in [1.29, 1.82) is 0 Å². The summed E-state index contributed by atoms with van der Waals surface area (Å²) in [5.41, 5.74) is -0.909. The fraction of sp³-hybridized carbons (Fsp3) is 0.737. The van der Waals surface area contributed by atoms with Crippen LogP contribution in [-0.2, 0) is 19.1 Å². The molecule has 9 heteroatoms. The van der Waals surface area contributed by atoms with Crippen molar-refractivity contribution in [3.8, 4) is 0 Å². The van der Waals surface area contributed by atoms with Crippen molar-refractivity contribution in [2.24, 2.45) is 0 Å². The number of hydrogen-bond acceptors (Lipinski definition) is 5. The minimum absolute atomic E-state index is 0.292. The van der Waals surface area contributed by atoms with Crippen LogP contribution in [0, 0.1) is 6.92 Å². The summed E-state index contributed by atoms with van der Waals surface area (Å²) in [5.74, 6) is -1.91. The second kappa shape index (κ2) is 8.70. The highest BCUT2D eigenvalue weighted by atomic mass is 16.6. The normalized spacial score (nSPS) is 23.8. The van der Waals surface area contributed by atoms with Crippen LogP contribution < -0.4 is 5.32 Å². The molecule has 9 nitrogen and oxygen atoms in total. The molecule has 0 aromatic carbocycles. The largest absolute Gasteiger partial charge is 0.480 e. The maximum absolute atomic E-state index is 13.2. The average Bonchev–Trinajstić information content (AvgIpc) is 3.09. The quantitative estimate of drug-likeness (QED) is 0.674. The van der Waals surface area contributed by atoms with E-state index >= 15 is 0 Å². The molecule has 2 saturated heterocycles. The van der Waals surface area contributed by atoms with Crippen LogP contribution in [-0.4, -0.2) is 75.6 Å². The Labute approximate surface area is 165 Å². The van der Waals surface area contributed by atoms with Gasteiger partial charge in [0.05, 0.1) is 0 Å². The molecule has 2 heterocycles. The third-order valence-electron chi connectivity index (χ3n) is 4.95. The number of nitrogens with one attached hydrogen (secondary N) is 1. The number of carbonyl (C=O) groups is 4. The lowest BCUT2D eigenvalue weighted by atomic mass is 9.99. The van der Waals surface area contributed by atoms with E-state index in [4.69, 9.17) is 9.84 Å². The Hall–Kier alpha value is -2.45. The molecule has 3 amide bonds. The molecule has 0 spiro atoms. The van der Waals surface area contributed by atoms with E-state index in [9.17, 15) is 19.2 Å². The van der Waals surface area contributed by atoms with Crippen molar-refractivity contribution in [2.45, 2.75) is 76.6 Å². The van der Waals surface area contributed by atoms with Gasteiger partial charge in [-0.3, -0.25) is 19.3 Å². The Morgan fingerprint density at radius 3 is 2.29 bits per heavy atom. The zero-order valence-corrected chi connectivity index (χ0v) is 16.8. The van der Waals surface area contributed by atoms with Gasteiger partial charge in [-0.25, -0.2) is 4.79 Å². The number of aliphatic carboxylic acids is 1. The van der Waals surface area contributed by atoms with Gasteiger partial charge in [-0.1, -0.05) is 0 Å². The molecule has 0 saturated carbocycles. The molecule has 3 atom stereocenters. The van der Waals surface area contributed by atoms with Crippen molar-refractivity contribution < 1.29 is 29.0 Å². The smallest absolute Gasteiger partial charge is 0.414 e. The zero-order chi connectivity index (χ0) is 21.1. The lowest BCUT2D eigenvalue weighted by molar-refractivity contribution is -0.147. The molecule has 0 unspecified atom stereocenters. The first-order chi connectivity index (χ1) is 13.0. The van der Waals surface area contributed by atoms with Crippen LogP contribution in [0.3, 0.4) is 0 Å². The third kappa shape index (κ3) is 5.30. The summed E-state index contributed by atoms with van der Waals surface area (Å²) in [6, 6.07) is -2.45. The van der Waals surface area contributed by atoms with Crippen LogP contribution in [0.1, 0.15) is 52.9 Å². The number of nitrogens with zero attached hydrogens (tertiary/aromatic N) is 2. The predicted octanol–water partition coefficient (Wildman–Crippen LogP) is 1.17. The minimum atomic E-state index is -1.14. The van der Waals surface area contributed by atoms with Crippen molar-refractivity contribution >= 4 is 23.9 Å². The van der Waals surface area contributed by atoms with Crippen LogP contribution in [0.4, 0.5) is 4.79 Å². The molecular formula is C19H30N3O6+. The van der Waals surface area contributed by atoms with Crippen LogP contribution >= 0.6 is 0 Å². The molecule has 2 aliphatic heterocycles. The lowest BCUT2D eigenvalue weighted by Gasteiger charge is -2.38. The van der Waals surface area contributed by atoms with E-state index in [2.05, 4.69) is 12.2 Å². The number of piperidine rings is 1. The van der Waals surface area contributed by atoms with Gasteiger partial charge >= 0.3 is 12.1 Å².